The number of ether oxygens (including phenoxy) is 1. The number of fused-ring (bicyclic) bond motifs is 1. The lowest BCUT2D eigenvalue weighted by molar-refractivity contribution is -0.124. The molecule has 0 saturated carbocycles. The fraction of sp³-hybridized carbons (Fsp3) is 0.667. The number of rotatable bonds is 4. The largest absolute Gasteiger partial charge is 0.467 e. The van der Waals surface area contributed by atoms with Gasteiger partial charge in [0.05, 0.1) is 26.0 Å². The van der Waals surface area contributed by atoms with Crippen LogP contribution in [0.3, 0.4) is 0 Å². The van der Waals surface area contributed by atoms with Crippen molar-refractivity contribution >= 4 is 5.91 Å². The number of hydrogen-bond acceptors (Lipinski definition) is 4. The van der Waals surface area contributed by atoms with Gasteiger partial charge in [-0.2, -0.15) is 0 Å². The summed E-state index contributed by atoms with van der Waals surface area (Å²) in [6.07, 6.45) is 2.17. The highest BCUT2D eigenvalue weighted by Crippen LogP contribution is 2.34. The van der Waals surface area contributed by atoms with E-state index in [0.717, 1.165) is 25.5 Å². The van der Waals surface area contributed by atoms with Crippen LogP contribution in [0.5, 0.6) is 0 Å². The van der Waals surface area contributed by atoms with Gasteiger partial charge in [0.25, 0.3) is 0 Å². The lowest BCUT2D eigenvalue weighted by atomic mass is 9.81. The van der Waals surface area contributed by atoms with Gasteiger partial charge < -0.3 is 19.4 Å². The Morgan fingerprint density at radius 2 is 2.35 bits per heavy atom. The summed E-state index contributed by atoms with van der Waals surface area (Å²) in [5.41, 5.74) is 0. The van der Waals surface area contributed by atoms with Crippen molar-refractivity contribution in [1.29, 1.82) is 0 Å². The highest BCUT2D eigenvalue weighted by atomic mass is 16.5. The standard InChI is InChI=1S/C15H22N2O3/c1-17-7-12-10-19-9-11(14(12)8-17)5-15(18)16-6-13-3-2-4-20-13/h2-4,11-12,14H,5-10H2,1H3,(H,16,18)/t11-,12-,14+/m0/s1. The monoisotopic (exact) mass is 278 g/mol. The summed E-state index contributed by atoms with van der Waals surface area (Å²) in [6, 6.07) is 3.70. The van der Waals surface area contributed by atoms with Gasteiger partial charge >= 0.3 is 0 Å². The molecule has 3 rings (SSSR count). The molecule has 1 aromatic rings. The predicted octanol–water partition coefficient (Wildman–Crippen LogP) is 1.11. The van der Waals surface area contributed by atoms with Gasteiger partial charge in [-0.3, -0.25) is 4.79 Å². The summed E-state index contributed by atoms with van der Waals surface area (Å²) in [7, 11) is 2.15. The average molecular weight is 278 g/mol. The highest BCUT2D eigenvalue weighted by Gasteiger charge is 2.40. The van der Waals surface area contributed by atoms with Crippen molar-refractivity contribution in [3.8, 4) is 0 Å². The molecule has 0 aromatic carbocycles. The van der Waals surface area contributed by atoms with E-state index < -0.39 is 0 Å². The van der Waals surface area contributed by atoms with Crippen LogP contribution in [-0.2, 0) is 16.1 Å². The number of hydrogen-bond donors (Lipinski definition) is 1. The van der Waals surface area contributed by atoms with Gasteiger partial charge in [-0.05, 0) is 36.9 Å². The molecular weight excluding hydrogens is 256 g/mol. The molecule has 0 aliphatic carbocycles. The smallest absolute Gasteiger partial charge is 0.220 e. The first-order valence-corrected chi connectivity index (χ1v) is 7.27. The van der Waals surface area contributed by atoms with Gasteiger partial charge in [0, 0.05) is 19.5 Å². The van der Waals surface area contributed by atoms with Crippen LogP contribution in [0, 0.1) is 17.8 Å². The zero-order valence-corrected chi connectivity index (χ0v) is 11.9. The molecule has 3 heterocycles. The van der Waals surface area contributed by atoms with Gasteiger partial charge in [-0.15, -0.1) is 0 Å². The molecule has 0 bridgehead atoms. The molecule has 5 nitrogen and oxygen atoms in total. The van der Waals surface area contributed by atoms with Crippen LogP contribution in [-0.4, -0.2) is 44.2 Å². The summed E-state index contributed by atoms with van der Waals surface area (Å²) in [5, 5.41) is 2.92. The number of nitrogens with zero attached hydrogens (tertiary/aromatic N) is 1. The third-order valence-electron chi connectivity index (χ3n) is 4.43. The van der Waals surface area contributed by atoms with Crippen molar-refractivity contribution in [3.63, 3.8) is 0 Å². The zero-order valence-electron chi connectivity index (χ0n) is 11.9. The van der Waals surface area contributed by atoms with E-state index in [0.29, 0.717) is 37.3 Å². The molecule has 2 aliphatic heterocycles. The molecule has 1 aromatic heterocycles. The lowest BCUT2D eigenvalue weighted by Gasteiger charge is -2.32. The molecule has 2 saturated heterocycles. The summed E-state index contributed by atoms with van der Waals surface area (Å²) in [6.45, 7) is 4.20. The number of carbonyl (C=O) groups excluding carboxylic acids is 1. The number of furan rings is 1. The first-order chi connectivity index (χ1) is 9.72. The Morgan fingerprint density at radius 1 is 1.45 bits per heavy atom. The van der Waals surface area contributed by atoms with Crippen molar-refractivity contribution in [1.82, 2.24) is 10.2 Å². The van der Waals surface area contributed by atoms with Crippen LogP contribution in [0.15, 0.2) is 22.8 Å². The zero-order chi connectivity index (χ0) is 13.9. The maximum atomic E-state index is 12.1. The van der Waals surface area contributed by atoms with E-state index >= 15 is 0 Å². The minimum Gasteiger partial charge on any atom is -0.467 e. The van der Waals surface area contributed by atoms with E-state index in [2.05, 4.69) is 17.3 Å². The van der Waals surface area contributed by atoms with E-state index in [1.54, 1.807) is 6.26 Å². The minimum atomic E-state index is 0.0882. The second-order valence-electron chi connectivity index (χ2n) is 6.00. The summed E-state index contributed by atoms with van der Waals surface area (Å²) in [5.74, 6) is 2.41. The molecular formula is C15H22N2O3. The van der Waals surface area contributed by atoms with Crippen molar-refractivity contribution in [2.75, 3.05) is 33.4 Å². The molecule has 20 heavy (non-hydrogen) atoms. The van der Waals surface area contributed by atoms with E-state index in [9.17, 15) is 4.79 Å². The Balaban J connectivity index is 1.50. The maximum absolute atomic E-state index is 12.1. The number of carbonyl (C=O) groups is 1. The number of amides is 1. The Kier molecular flexibility index (Phi) is 4.08. The molecule has 110 valence electrons. The normalized spacial score (nSPS) is 30.1. The van der Waals surface area contributed by atoms with Crippen molar-refractivity contribution in [2.45, 2.75) is 13.0 Å². The van der Waals surface area contributed by atoms with Crippen molar-refractivity contribution < 1.29 is 13.9 Å². The molecule has 0 spiro atoms. The number of likely N-dealkylation sites (tertiary alicyclic amines) is 1. The topological polar surface area (TPSA) is 54.7 Å². The van der Waals surface area contributed by atoms with Crippen LogP contribution >= 0.6 is 0 Å². The quantitative estimate of drug-likeness (QED) is 0.896. The summed E-state index contributed by atoms with van der Waals surface area (Å²) < 4.78 is 10.9. The van der Waals surface area contributed by atoms with Gasteiger partial charge in [0.15, 0.2) is 0 Å². The van der Waals surface area contributed by atoms with E-state index in [4.69, 9.17) is 9.15 Å². The Hall–Kier alpha value is -1.33. The Labute approximate surface area is 119 Å². The lowest BCUT2D eigenvalue weighted by Crippen LogP contribution is -2.38. The van der Waals surface area contributed by atoms with Gasteiger partial charge in [0.2, 0.25) is 5.91 Å². The third kappa shape index (κ3) is 3.04. The second-order valence-corrected chi connectivity index (χ2v) is 6.00. The predicted molar refractivity (Wildman–Crippen MR) is 74.0 cm³/mol. The molecule has 2 aliphatic rings. The Bertz CT molecular complexity index is 446. The van der Waals surface area contributed by atoms with Crippen LogP contribution in [0.4, 0.5) is 0 Å². The first-order valence-electron chi connectivity index (χ1n) is 7.27. The van der Waals surface area contributed by atoms with Crippen LogP contribution < -0.4 is 5.32 Å². The molecule has 2 fully saturated rings. The van der Waals surface area contributed by atoms with Crippen LogP contribution in [0.1, 0.15) is 12.2 Å². The Morgan fingerprint density at radius 3 is 3.15 bits per heavy atom. The third-order valence-corrected chi connectivity index (χ3v) is 4.43. The number of nitrogens with one attached hydrogen (secondary N) is 1. The van der Waals surface area contributed by atoms with Crippen LogP contribution in [0.2, 0.25) is 0 Å². The van der Waals surface area contributed by atoms with E-state index in [1.165, 1.54) is 0 Å². The van der Waals surface area contributed by atoms with Crippen LogP contribution in [0.25, 0.3) is 0 Å². The first kappa shape index (κ1) is 13.6. The molecule has 1 N–H and O–H groups in total. The average Bonchev–Trinajstić information content (AvgIpc) is 3.05. The van der Waals surface area contributed by atoms with Gasteiger partial charge in [0.1, 0.15) is 5.76 Å². The van der Waals surface area contributed by atoms with E-state index in [1.807, 2.05) is 12.1 Å². The van der Waals surface area contributed by atoms with Gasteiger partial charge in [-0.1, -0.05) is 0 Å². The van der Waals surface area contributed by atoms with E-state index in [-0.39, 0.29) is 5.91 Å². The van der Waals surface area contributed by atoms with Gasteiger partial charge in [-0.25, -0.2) is 0 Å². The highest BCUT2D eigenvalue weighted by molar-refractivity contribution is 5.76. The minimum absolute atomic E-state index is 0.0882. The second kappa shape index (κ2) is 5.97. The molecule has 0 radical (unpaired) electrons. The fourth-order valence-electron chi connectivity index (χ4n) is 3.44. The molecule has 0 unspecified atom stereocenters. The fourth-order valence-corrected chi connectivity index (χ4v) is 3.44. The summed E-state index contributed by atoms with van der Waals surface area (Å²) >= 11 is 0. The van der Waals surface area contributed by atoms with Crippen molar-refractivity contribution in [3.05, 3.63) is 24.2 Å². The van der Waals surface area contributed by atoms with Crippen molar-refractivity contribution in [2.24, 2.45) is 17.8 Å². The molecule has 3 atom stereocenters. The molecule has 1 amide bonds. The SMILES string of the molecule is CN1C[C@H]2COC[C@H](CC(=O)NCc3ccco3)[C@H]2C1. The molecule has 5 heteroatoms. The maximum Gasteiger partial charge on any atom is 0.220 e. The summed E-state index contributed by atoms with van der Waals surface area (Å²) in [4.78, 5) is 14.4.